The van der Waals surface area contributed by atoms with E-state index in [4.69, 9.17) is 14.2 Å². The van der Waals surface area contributed by atoms with Crippen LogP contribution in [0.2, 0.25) is 0 Å². The number of amides is 1. The summed E-state index contributed by atoms with van der Waals surface area (Å²) in [5, 5.41) is 14.6. The Kier molecular flexibility index (Phi) is 7.08. The van der Waals surface area contributed by atoms with E-state index in [-0.39, 0.29) is 32.1 Å². The van der Waals surface area contributed by atoms with E-state index in [2.05, 4.69) is 11.9 Å². The van der Waals surface area contributed by atoms with Crippen molar-refractivity contribution in [2.75, 3.05) is 26.4 Å². The summed E-state index contributed by atoms with van der Waals surface area (Å²) in [4.78, 5) is 23.6. The van der Waals surface area contributed by atoms with Gasteiger partial charge in [-0.3, -0.25) is 0 Å². The summed E-state index contributed by atoms with van der Waals surface area (Å²) in [5.74, 6) is 0.242. The summed E-state index contributed by atoms with van der Waals surface area (Å²) in [6.45, 7) is 5.90. The zero-order valence-corrected chi connectivity index (χ0v) is 16.9. The maximum absolute atomic E-state index is 12.3. The summed E-state index contributed by atoms with van der Waals surface area (Å²) >= 11 is 0. The van der Waals surface area contributed by atoms with Gasteiger partial charge in [0.25, 0.3) is 0 Å². The SMILES string of the molecule is C=C(C)C(=O)OCCOCCNC(=O)Oc1c2c(c(O)c3ccccc13)CC=CC2. The van der Waals surface area contributed by atoms with E-state index in [0.717, 1.165) is 11.1 Å². The van der Waals surface area contributed by atoms with E-state index < -0.39 is 12.1 Å². The van der Waals surface area contributed by atoms with Crippen LogP contribution in [0, 0.1) is 0 Å². The minimum atomic E-state index is -0.597. The Hall–Kier alpha value is -3.32. The highest BCUT2D eigenvalue weighted by atomic mass is 16.6. The molecule has 0 bridgehead atoms. The van der Waals surface area contributed by atoms with Crippen LogP contribution in [0.1, 0.15) is 18.1 Å². The molecule has 0 saturated heterocycles. The predicted molar refractivity (Wildman–Crippen MR) is 113 cm³/mol. The molecule has 0 aromatic heterocycles. The number of phenolic OH excluding ortho intramolecular Hbond substituents is 1. The van der Waals surface area contributed by atoms with E-state index in [1.807, 2.05) is 36.4 Å². The molecule has 0 saturated carbocycles. The van der Waals surface area contributed by atoms with Gasteiger partial charge in [0.2, 0.25) is 0 Å². The molecule has 0 heterocycles. The number of fused-ring (bicyclic) bond motifs is 2. The van der Waals surface area contributed by atoms with Crippen molar-refractivity contribution in [2.45, 2.75) is 19.8 Å². The number of ether oxygens (including phenoxy) is 3. The highest BCUT2D eigenvalue weighted by molar-refractivity contribution is 5.97. The second-order valence-electron chi connectivity index (χ2n) is 6.90. The standard InChI is InChI=1S/C23H25NO6/c1-15(2)22(26)29-14-13-28-12-11-24-23(27)30-21-18-9-5-3-7-16(18)20(25)17-8-4-6-10-19(17)21/h3-7,9,25H,1,8,10-14H2,2H3,(H,24,27). The Balaban J connectivity index is 1.55. The number of carbonyl (C=O) groups is 2. The van der Waals surface area contributed by atoms with Gasteiger partial charge in [0.05, 0.1) is 13.2 Å². The lowest BCUT2D eigenvalue weighted by Crippen LogP contribution is -2.30. The van der Waals surface area contributed by atoms with Crippen molar-refractivity contribution >= 4 is 22.8 Å². The number of nitrogens with one attached hydrogen (secondary N) is 1. The third kappa shape index (κ3) is 4.99. The number of benzene rings is 2. The second-order valence-corrected chi connectivity index (χ2v) is 6.90. The molecule has 2 aromatic carbocycles. The van der Waals surface area contributed by atoms with Gasteiger partial charge in [-0.25, -0.2) is 9.59 Å². The van der Waals surface area contributed by atoms with E-state index in [9.17, 15) is 14.7 Å². The first-order valence-electron chi connectivity index (χ1n) is 9.75. The summed E-state index contributed by atoms with van der Waals surface area (Å²) in [6.07, 6.45) is 4.57. The average molecular weight is 411 g/mol. The summed E-state index contributed by atoms with van der Waals surface area (Å²) in [7, 11) is 0. The molecular weight excluding hydrogens is 386 g/mol. The molecule has 158 valence electrons. The van der Waals surface area contributed by atoms with Crippen molar-refractivity contribution < 1.29 is 28.9 Å². The molecule has 7 nitrogen and oxygen atoms in total. The van der Waals surface area contributed by atoms with Crippen LogP contribution >= 0.6 is 0 Å². The lowest BCUT2D eigenvalue weighted by Gasteiger charge is -2.20. The number of carbonyl (C=O) groups excluding carboxylic acids is 2. The Bertz CT molecular complexity index is 995. The number of rotatable bonds is 8. The van der Waals surface area contributed by atoms with Gasteiger partial charge >= 0.3 is 12.1 Å². The molecule has 1 aliphatic rings. The van der Waals surface area contributed by atoms with Crippen molar-refractivity contribution in [2.24, 2.45) is 0 Å². The van der Waals surface area contributed by atoms with Crippen molar-refractivity contribution in [3.05, 3.63) is 59.7 Å². The fourth-order valence-corrected chi connectivity index (χ4v) is 3.22. The minimum absolute atomic E-state index is 0.120. The molecule has 0 fully saturated rings. The fraction of sp³-hybridized carbons (Fsp3) is 0.304. The Morgan fingerprint density at radius 2 is 1.77 bits per heavy atom. The highest BCUT2D eigenvalue weighted by Crippen LogP contribution is 2.42. The van der Waals surface area contributed by atoms with Gasteiger partial charge in [0, 0.05) is 34.0 Å². The van der Waals surface area contributed by atoms with Crippen LogP contribution in [0.3, 0.4) is 0 Å². The monoisotopic (exact) mass is 411 g/mol. The number of hydrogen-bond acceptors (Lipinski definition) is 6. The number of aromatic hydroxyl groups is 1. The predicted octanol–water partition coefficient (Wildman–Crippen LogP) is 3.42. The van der Waals surface area contributed by atoms with Crippen molar-refractivity contribution in [3.63, 3.8) is 0 Å². The third-order valence-corrected chi connectivity index (χ3v) is 4.68. The Morgan fingerprint density at radius 3 is 2.50 bits per heavy atom. The van der Waals surface area contributed by atoms with Crippen LogP contribution in [0.25, 0.3) is 10.8 Å². The van der Waals surface area contributed by atoms with Crippen molar-refractivity contribution in [1.82, 2.24) is 5.32 Å². The zero-order valence-electron chi connectivity index (χ0n) is 16.9. The van der Waals surface area contributed by atoms with E-state index in [0.29, 0.717) is 34.9 Å². The molecule has 0 radical (unpaired) electrons. The molecule has 7 heteroatoms. The van der Waals surface area contributed by atoms with Gasteiger partial charge in [0.1, 0.15) is 18.1 Å². The molecule has 3 rings (SSSR count). The molecule has 0 atom stereocenters. The fourth-order valence-electron chi connectivity index (χ4n) is 3.22. The lowest BCUT2D eigenvalue weighted by molar-refractivity contribution is -0.140. The van der Waals surface area contributed by atoms with Gasteiger partial charge in [-0.1, -0.05) is 43.0 Å². The number of allylic oxidation sites excluding steroid dienone is 2. The summed E-state index contributed by atoms with van der Waals surface area (Å²) in [6, 6.07) is 7.31. The topological polar surface area (TPSA) is 94.1 Å². The molecular formula is C23H25NO6. The van der Waals surface area contributed by atoms with Gasteiger partial charge in [-0.15, -0.1) is 0 Å². The van der Waals surface area contributed by atoms with Crippen LogP contribution in [0.5, 0.6) is 11.5 Å². The van der Waals surface area contributed by atoms with Crippen molar-refractivity contribution in [3.8, 4) is 11.5 Å². The van der Waals surface area contributed by atoms with Gasteiger partial charge in [0.15, 0.2) is 0 Å². The van der Waals surface area contributed by atoms with Gasteiger partial charge in [-0.05, 0) is 19.8 Å². The van der Waals surface area contributed by atoms with Gasteiger partial charge < -0.3 is 24.6 Å². The van der Waals surface area contributed by atoms with Crippen LogP contribution in [0.4, 0.5) is 4.79 Å². The van der Waals surface area contributed by atoms with E-state index in [1.54, 1.807) is 6.92 Å². The Labute approximate surface area is 174 Å². The first-order chi connectivity index (χ1) is 14.5. The molecule has 1 aliphatic carbocycles. The number of esters is 1. The van der Waals surface area contributed by atoms with E-state index >= 15 is 0 Å². The zero-order chi connectivity index (χ0) is 21.5. The average Bonchev–Trinajstić information content (AvgIpc) is 2.75. The molecule has 2 N–H and O–H groups in total. The number of phenols is 1. The molecule has 2 aromatic rings. The second kappa shape index (κ2) is 9.93. The van der Waals surface area contributed by atoms with Crippen LogP contribution < -0.4 is 10.1 Å². The highest BCUT2D eigenvalue weighted by Gasteiger charge is 2.22. The molecule has 0 unspecified atom stereocenters. The van der Waals surface area contributed by atoms with Gasteiger partial charge in [-0.2, -0.15) is 0 Å². The summed E-state index contributed by atoms with van der Waals surface area (Å²) in [5.41, 5.74) is 1.94. The molecule has 1 amide bonds. The largest absolute Gasteiger partial charge is 0.507 e. The van der Waals surface area contributed by atoms with Crippen LogP contribution in [0.15, 0.2) is 48.6 Å². The van der Waals surface area contributed by atoms with Crippen LogP contribution in [-0.4, -0.2) is 43.5 Å². The maximum atomic E-state index is 12.3. The summed E-state index contributed by atoms with van der Waals surface area (Å²) < 4.78 is 15.9. The minimum Gasteiger partial charge on any atom is -0.507 e. The maximum Gasteiger partial charge on any atom is 0.412 e. The normalized spacial score (nSPS) is 12.3. The Morgan fingerprint density at radius 1 is 1.07 bits per heavy atom. The molecule has 0 aliphatic heterocycles. The third-order valence-electron chi connectivity index (χ3n) is 4.68. The smallest absolute Gasteiger partial charge is 0.412 e. The number of hydrogen-bond donors (Lipinski definition) is 2. The quantitative estimate of drug-likeness (QED) is 0.299. The lowest BCUT2D eigenvalue weighted by atomic mass is 9.91. The van der Waals surface area contributed by atoms with Crippen LogP contribution in [-0.2, 0) is 27.1 Å². The van der Waals surface area contributed by atoms with E-state index in [1.165, 1.54) is 0 Å². The first-order valence-corrected chi connectivity index (χ1v) is 9.75. The first kappa shape index (κ1) is 21.4. The van der Waals surface area contributed by atoms with Crippen molar-refractivity contribution in [1.29, 1.82) is 0 Å². The molecule has 30 heavy (non-hydrogen) atoms. The molecule has 0 spiro atoms.